The molecule has 8 heteroatoms. The number of amides is 1. The molecule has 136 valence electrons. The highest BCUT2D eigenvalue weighted by atomic mass is 35.5. The number of carbonyl (C=O) groups is 1. The van der Waals surface area contributed by atoms with Crippen LogP contribution in [0.3, 0.4) is 0 Å². The highest BCUT2D eigenvalue weighted by Gasteiger charge is 2.13. The first kappa shape index (κ1) is 19.7. The van der Waals surface area contributed by atoms with Gasteiger partial charge in [0.2, 0.25) is 11.1 Å². The number of nitrogens with zero attached hydrogens (tertiary/aromatic N) is 4. The summed E-state index contributed by atoms with van der Waals surface area (Å²) in [4.78, 5) is 12.1. The lowest BCUT2D eigenvalue weighted by Gasteiger charge is -2.15. The number of tetrazole rings is 1. The first-order valence-corrected chi connectivity index (χ1v) is 9.94. The highest BCUT2D eigenvalue weighted by molar-refractivity contribution is 7.99. The Morgan fingerprint density at radius 2 is 2.08 bits per heavy atom. The van der Waals surface area contributed by atoms with Crippen molar-refractivity contribution in [2.24, 2.45) is 5.92 Å². The zero-order valence-corrected chi connectivity index (χ0v) is 16.2. The molecule has 2 aromatic rings. The van der Waals surface area contributed by atoms with Gasteiger partial charge in [-0.3, -0.25) is 4.79 Å². The fourth-order valence-corrected chi connectivity index (χ4v) is 3.24. The van der Waals surface area contributed by atoms with E-state index in [9.17, 15) is 4.79 Å². The summed E-state index contributed by atoms with van der Waals surface area (Å²) in [5.41, 5.74) is 0.808. The number of aromatic nitrogens is 4. The van der Waals surface area contributed by atoms with Gasteiger partial charge in [-0.2, -0.15) is 4.68 Å². The second-order valence-electron chi connectivity index (χ2n) is 5.86. The van der Waals surface area contributed by atoms with Crippen LogP contribution >= 0.6 is 23.4 Å². The molecule has 0 saturated heterocycles. The molecule has 0 aliphatic carbocycles. The Kier molecular flexibility index (Phi) is 8.21. The minimum Gasteiger partial charge on any atom is -0.355 e. The molecule has 1 atom stereocenters. The lowest BCUT2D eigenvalue weighted by Crippen LogP contribution is -2.30. The Hall–Kier alpha value is -1.60. The number of benzene rings is 1. The van der Waals surface area contributed by atoms with Gasteiger partial charge in [0.05, 0.1) is 11.4 Å². The Balaban J connectivity index is 1.84. The van der Waals surface area contributed by atoms with Crippen LogP contribution in [-0.4, -0.2) is 38.4 Å². The van der Waals surface area contributed by atoms with Gasteiger partial charge in [0.1, 0.15) is 0 Å². The number of thioether (sulfide) groups is 1. The van der Waals surface area contributed by atoms with Crippen LogP contribution in [0.5, 0.6) is 0 Å². The largest absolute Gasteiger partial charge is 0.355 e. The van der Waals surface area contributed by atoms with Crippen LogP contribution in [0.15, 0.2) is 29.4 Å². The van der Waals surface area contributed by atoms with Crippen LogP contribution in [0.1, 0.15) is 39.5 Å². The number of carbonyl (C=O) groups excluding carboxylic acids is 1. The van der Waals surface area contributed by atoms with E-state index in [1.165, 1.54) is 24.6 Å². The van der Waals surface area contributed by atoms with Gasteiger partial charge in [-0.25, -0.2) is 0 Å². The maximum atomic E-state index is 12.1. The molecule has 6 nitrogen and oxygen atoms in total. The summed E-state index contributed by atoms with van der Waals surface area (Å²) in [6, 6.07) is 7.23. The molecule has 0 fully saturated rings. The molecule has 2 rings (SSSR count). The van der Waals surface area contributed by atoms with E-state index in [1.54, 1.807) is 16.8 Å². The third-order valence-electron chi connectivity index (χ3n) is 3.98. The van der Waals surface area contributed by atoms with Gasteiger partial charge in [0.15, 0.2) is 0 Å². The van der Waals surface area contributed by atoms with Crippen molar-refractivity contribution in [3.63, 3.8) is 0 Å². The molecule has 0 unspecified atom stereocenters. The molecule has 1 aromatic heterocycles. The van der Waals surface area contributed by atoms with Gasteiger partial charge in [-0.1, -0.05) is 56.5 Å². The van der Waals surface area contributed by atoms with Gasteiger partial charge in [0.25, 0.3) is 0 Å². The predicted octanol–water partition coefficient (Wildman–Crippen LogP) is 3.74. The molecule has 0 bridgehead atoms. The summed E-state index contributed by atoms with van der Waals surface area (Å²) in [6.45, 7) is 5.09. The van der Waals surface area contributed by atoms with Gasteiger partial charge >= 0.3 is 0 Å². The van der Waals surface area contributed by atoms with Crippen molar-refractivity contribution in [3.8, 4) is 5.69 Å². The smallest absolute Gasteiger partial charge is 0.230 e. The summed E-state index contributed by atoms with van der Waals surface area (Å²) < 4.78 is 1.60. The molecular formula is C17H24ClN5OS. The molecule has 1 aromatic carbocycles. The first-order chi connectivity index (χ1) is 12.1. The highest BCUT2D eigenvalue weighted by Crippen LogP contribution is 2.19. The number of hydrogen-bond donors (Lipinski definition) is 1. The zero-order chi connectivity index (χ0) is 18.1. The maximum absolute atomic E-state index is 12.1. The lowest BCUT2D eigenvalue weighted by molar-refractivity contribution is -0.118. The van der Waals surface area contributed by atoms with E-state index < -0.39 is 0 Å². The predicted molar refractivity (Wildman–Crippen MR) is 101 cm³/mol. The Morgan fingerprint density at radius 1 is 1.32 bits per heavy atom. The molecule has 1 amide bonds. The number of halogens is 1. The third kappa shape index (κ3) is 6.32. The van der Waals surface area contributed by atoms with E-state index in [0.717, 1.165) is 25.1 Å². The van der Waals surface area contributed by atoms with Crippen LogP contribution in [0.2, 0.25) is 5.02 Å². The van der Waals surface area contributed by atoms with Crippen molar-refractivity contribution >= 4 is 29.3 Å². The Bertz CT molecular complexity index is 661. The molecule has 0 aliphatic heterocycles. The van der Waals surface area contributed by atoms with Crippen molar-refractivity contribution in [1.29, 1.82) is 0 Å². The SMILES string of the molecule is CCCC[C@H](CC)CNC(=O)CSc1nnnn1-c1ccc(Cl)cc1. The zero-order valence-electron chi connectivity index (χ0n) is 14.6. The Labute approximate surface area is 157 Å². The molecule has 1 N–H and O–H groups in total. The molecule has 0 radical (unpaired) electrons. The topological polar surface area (TPSA) is 72.7 Å². The van der Waals surface area contributed by atoms with Gasteiger partial charge in [-0.15, -0.1) is 5.10 Å². The average molecular weight is 382 g/mol. The summed E-state index contributed by atoms with van der Waals surface area (Å²) in [5.74, 6) is 0.844. The van der Waals surface area contributed by atoms with E-state index in [4.69, 9.17) is 11.6 Å². The van der Waals surface area contributed by atoms with Crippen LogP contribution in [0.25, 0.3) is 5.69 Å². The van der Waals surface area contributed by atoms with E-state index in [0.29, 0.717) is 16.1 Å². The summed E-state index contributed by atoms with van der Waals surface area (Å²) in [5, 5.41) is 15.9. The van der Waals surface area contributed by atoms with Crippen LogP contribution in [-0.2, 0) is 4.79 Å². The molecular weight excluding hydrogens is 358 g/mol. The van der Waals surface area contributed by atoms with E-state index in [-0.39, 0.29) is 11.7 Å². The van der Waals surface area contributed by atoms with Crippen molar-refractivity contribution in [3.05, 3.63) is 29.3 Å². The standard InChI is InChI=1S/C17H24ClN5OS/c1-3-5-6-13(4-2)11-19-16(24)12-25-17-20-21-22-23(17)15-9-7-14(18)8-10-15/h7-10,13H,3-6,11-12H2,1-2H3,(H,19,24)/t13-/m0/s1. The Morgan fingerprint density at radius 3 is 2.76 bits per heavy atom. The third-order valence-corrected chi connectivity index (χ3v) is 5.15. The average Bonchev–Trinajstić information content (AvgIpc) is 3.09. The normalized spacial score (nSPS) is 12.1. The van der Waals surface area contributed by atoms with Crippen molar-refractivity contribution in [2.45, 2.75) is 44.7 Å². The van der Waals surface area contributed by atoms with Crippen molar-refractivity contribution in [1.82, 2.24) is 25.5 Å². The van der Waals surface area contributed by atoms with Crippen LogP contribution < -0.4 is 5.32 Å². The second-order valence-corrected chi connectivity index (χ2v) is 7.24. The number of hydrogen-bond acceptors (Lipinski definition) is 5. The monoisotopic (exact) mass is 381 g/mol. The number of unbranched alkanes of at least 4 members (excludes halogenated alkanes) is 1. The first-order valence-electron chi connectivity index (χ1n) is 8.57. The van der Waals surface area contributed by atoms with Crippen molar-refractivity contribution < 1.29 is 4.79 Å². The molecule has 1 heterocycles. The number of nitrogens with one attached hydrogen (secondary N) is 1. The van der Waals surface area contributed by atoms with Crippen LogP contribution in [0, 0.1) is 5.92 Å². The van der Waals surface area contributed by atoms with E-state index >= 15 is 0 Å². The second kappa shape index (κ2) is 10.4. The quantitative estimate of drug-likeness (QED) is 0.634. The fraction of sp³-hybridized carbons (Fsp3) is 0.529. The lowest BCUT2D eigenvalue weighted by atomic mass is 9.99. The van der Waals surface area contributed by atoms with E-state index in [1.807, 2.05) is 12.1 Å². The molecule has 0 aliphatic rings. The van der Waals surface area contributed by atoms with Crippen LogP contribution in [0.4, 0.5) is 0 Å². The number of rotatable bonds is 10. The van der Waals surface area contributed by atoms with Gasteiger partial charge < -0.3 is 5.32 Å². The maximum Gasteiger partial charge on any atom is 0.230 e. The minimum absolute atomic E-state index is 0.00519. The summed E-state index contributed by atoms with van der Waals surface area (Å²) >= 11 is 7.22. The van der Waals surface area contributed by atoms with Crippen molar-refractivity contribution in [2.75, 3.05) is 12.3 Å². The molecule has 0 spiro atoms. The van der Waals surface area contributed by atoms with Gasteiger partial charge in [-0.05, 0) is 47.0 Å². The fourth-order valence-electron chi connectivity index (χ4n) is 2.40. The molecule has 25 heavy (non-hydrogen) atoms. The van der Waals surface area contributed by atoms with Gasteiger partial charge in [0, 0.05) is 11.6 Å². The summed E-state index contributed by atoms with van der Waals surface area (Å²) in [6.07, 6.45) is 4.64. The minimum atomic E-state index is 0.00519. The summed E-state index contributed by atoms with van der Waals surface area (Å²) in [7, 11) is 0. The molecule has 0 saturated carbocycles. The van der Waals surface area contributed by atoms with E-state index in [2.05, 4.69) is 34.7 Å².